The van der Waals surface area contributed by atoms with E-state index < -0.39 is 29.3 Å². The topological polar surface area (TPSA) is 99.9 Å². The van der Waals surface area contributed by atoms with Crippen molar-refractivity contribution in [2.24, 2.45) is 0 Å². The molecule has 4 rings (SSSR count). The van der Waals surface area contributed by atoms with Gasteiger partial charge in [-0.1, -0.05) is 6.07 Å². The Morgan fingerprint density at radius 2 is 1.62 bits per heavy atom. The number of aliphatic hydroxyl groups is 1. The molecule has 0 aromatic heterocycles. The van der Waals surface area contributed by atoms with E-state index in [0.717, 1.165) is 12.1 Å². The molecule has 0 aliphatic carbocycles. The van der Waals surface area contributed by atoms with Crippen molar-refractivity contribution in [3.63, 3.8) is 0 Å². The molecule has 0 spiro atoms. The van der Waals surface area contributed by atoms with Gasteiger partial charge in [0.05, 0.1) is 37.5 Å². The van der Waals surface area contributed by atoms with Gasteiger partial charge in [0.1, 0.15) is 11.6 Å². The van der Waals surface area contributed by atoms with E-state index in [4.69, 9.17) is 14.7 Å². The number of nitriles is 1. The number of hydrogen-bond acceptors (Lipinski definition) is 6. The van der Waals surface area contributed by atoms with E-state index in [9.17, 15) is 19.1 Å². The van der Waals surface area contributed by atoms with Crippen LogP contribution in [-0.2, 0) is 9.59 Å². The molecule has 1 aliphatic rings. The van der Waals surface area contributed by atoms with Gasteiger partial charge in [0.15, 0.2) is 11.5 Å². The lowest BCUT2D eigenvalue weighted by atomic mass is 9.94. The first-order valence-corrected chi connectivity index (χ1v) is 10.2. The predicted octanol–water partition coefficient (Wildman–Crippen LogP) is 4.34. The second-order valence-electron chi connectivity index (χ2n) is 7.45. The lowest BCUT2D eigenvalue weighted by molar-refractivity contribution is -0.132. The number of hydrogen-bond donors (Lipinski definition) is 1. The summed E-state index contributed by atoms with van der Waals surface area (Å²) >= 11 is 0. The number of carbonyl (C=O) groups is 2. The van der Waals surface area contributed by atoms with E-state index in [0.29, 0.717) is 28.3 Å². The van der Waals surface area contributed by atoms with E-state index in [-0.39, 0.29) is 11.1 Å². The maximum Gasteiger partial charge on any atom is 0.300 e. The molecule has 3 aromatic carbocycles. The highest BCUT2D eigenvalue weighted by molar-refractivity contribution is 6.51. The van der Waals surface area contributed by atoms with Gasteiger partial charge in [-0.25, -0.2) is 4.39 Å². The molecular formula is C26H19FN2O5. The predicted molar refractivity (Wildman–Crippen MR) is 122 cm³/mol. The van der Waals surface area contributed by atoms with Crippen LogP contribution in [0.1, 0.15) is 22.7 Å². The Hall–Kier alpha value is -4.64. The van der Waals surface area contributed by atoms with Crippen LogP contribution in [0.2, 0.25) is 0 Å². The first kappa shape index (κ1) is 22.6. The number of amides is 1. The molecule has 1 fully saturated rings. The fourth-order valence-corrected chi connectivity index (χ4v) is 3.90. The largest absolute Gasteiger partial charge is 0.507 e. The molecule has 8 heteroatoms. The first-order chi connectivity index (χ1) is 16.4. The number of ketones is 1. The molecule has 1 aliphatic heterocycles. The fourth-order valence-electron chi connectivity index (χ4n) is 3.90. The number of benzene rings is 3. The molecule has 1 N–H and O–H groups in total. The number of halogens is 1. The van der Waals surface area contributed by atoms with Crippen LogP contribution in [0.4, 0.5) is 10.1 Å². The highest BCUT2D eigenvalue weighted by Crippen LogP contribution is 2.44. The van der Waals surface area contributed by atoms with Gasteiger partial charge in [0.25, 0.3) is 11.7 Å². The van der Waals surface area contributed by atoms with Gasteiger partial charge < -0.3 is 14.6 Å². The zero-order chi connectivity index (χ0) is 24.4. The first-order valence-electron chi connectivity index (χ1n) is 10.2. The highest BCUT2D eigenvalue weighted by atomic mass is 19.1. The lowest BCUT2D eigenvalue weighted by Gasteiger charge is -2.26. The Kier molecular flexibility index (Phi) is 6.02. The Balaban J connectivity index is 1.95. The van der Waals surface area contributed by atoms with E-state index in [1.54, 1.807) is 30.3 Å². The van der Waals surface area contributed by atoms with Crippen LogP contribution in [0.15, 0.2) is 72.3 Å². The zero-order valence-corrected chi connectivity index (χ0v) is 18.3. The summed E-state index contributed by atoms with van der Waals surface area (Å²) in [5.41, 5.74) is 1.25. The zero-order valence-electron chi connectivity index (χ0n) is 18.3. The minimum Gasteiger partial charge on any atom is -0.507 e. The molecule has 1 amide bonds. The Morgan fingerprint density at radius 1 is 0.971 bits per heavy atom. The normalized spacial score (nSPS) is 16.9. The van der Waals surface area contributed by atoms with Gasteiger partial charge in [-0.2, -0.15) is 5.26 Å². The number of ether oxygens (including phenoxy) is 2. The summed E-state index contributed by atoms with van der Waals surface area (Å²) < 4.78 is 24.1. The second kappa shape index (κ2) is 9.08. The van der Waals surface area contributed by atoms with Crippen LogP contribution >= 0.6 is 0 Å². The quantitative estimate of drug-likeness (QED) is 0.347. The SMILES string of the molecule is COc1ccc(C2/C(=C(/O)c3ccc(F)cc3)C(=O)C(=O)N2c2ccc(C#N)cc2)cc1OC. The summed E-state index contributed by atoms with van der Waals surface area (Å²) in [7, 11) is 2.94. The summed E-state index contributed by atoms with van der Waals surface area (Å²) in [6, 6.07) is 17.0. The molecule has 0 radical (unpaired) electrons. The van der Waals surface area contributed by atoms with Crippen molar-refractivity contribution in [2.75, 3.05) is 19.1 Å². The number of aliphatic hydroxyl groups excluding tert-OH is 1. The Morgan fingerprint density at radius 3 is 2.21 bits per heavy atom. The number of anilines is 1. The monoisotopic (exact) mass is 458 g/mol. The van der Waals surface area contributed by atoms with Crippen LogP contribution in [0, 0.1) is 17.1 Å². The number of nitrogens with zero attached hydrogens (tertiary/aromatic N) is 2. The van der Waals surface area contributed by atoms with Crippen LogP contribution in [0.25, 0.3) is 5.76 Å². The maximum atomic E-state index is 13.4. The van der Waals surface area contributed by atoms with Crippen LogP contribution in [0.5, 0.6) is 11.5 Å². The van der Waals surface area contributed by atoms with Gasteiger partial charge in [-0.3, -0.25) is 14.5 Å². The summed E-state index contributed by atoms with van der Waals surface area (Å²) in [5.74, 6) is -1.88. The summed E-state index contributed by atoms with van der Waals surface area (Å²) in [5, 5.41) is 20.2. The van der Waals surface area contributed by atoms with Crippen LogP contribution in [0.3, 0.4) is 0 Å². The molecule has 34 heavy (non-hydrogen) atoms. The Labute approximate surface area is 194 Å². The van der Waals surface area contributed by atoms with Gasteiger partial charge in [-0.05, 0) is 66.2 Å². The van der Waals surface area contributed by atoms with Gasteiger partial charge in [-0.15, -0.1) is 0 Å². The molecular weight excluding hydrogens is 439 g/mol. The fraction of sp³-hybridized carbons (Fsp3) is 0.115. The third kappa shape index (κ3) is 3.84. The number of methoxy groups -OCH3 is 2. The number of Topliss-reactive ketones (excluding diaryl/α,β-unsaturated/α-hetero) is 1. The summed E-state index contributed by atoms with van der Waals surface area (Å²) in [6.07, 6.45) is 0. The van der Waals surface area contributed by atoms with Crippen molar-refractivity contribution >= 4 is 23.1 Å². The molecule has 1 unspecified atom stereocenters. The van der Waals surface area contributed by atoms with Crippen LogP contribution in [-0.4, -0.2) is 31.0 Å². The summed E-state index contributed by atoms with van der Waals surface area (Å²) in [6.45, 7) is 0. The van der Waals surface area contributed by atoms with Crippen molar-refractivity contribution in [3.05, 3.63) is 94.8 Å². The van der Waals surface area contributed by atoms with Crippen molar-refractivity contribution in [1.82, 2.24) is 0 Å². The molecule has 170 valence electrons. The number of carbonyl (C=O) groups excluding carboxylic acids is 2. The van der Waals surface area contributed by atoms with E-state index in [1.165, 1.54) is 43.4 Å². The number of rotatable bonds is 5. The van der Waals surface area contributed by atoms with Crippen LogP contribution < -0.4 is 14.4 Å². The minimum atomic E-state index is -1.02. The minimum absolute atomic E-state index is 0.159. The van der Waals surface area contributed by atoms with Gasteiger partial charge >= 0.3 is 0 Å². The van der Waals surface area contributed by atoms with E-state index in [2.05, 4.69) is 0 Å². The third-order valence-corrected chi connectivity index (χ3v) is 5.56. The smallest absolute Gasteiger partial charge is 0.300 e. The van der Waals surface area contributed by atoms with Gasteiger partial charge in [0.2, 0.25) is 0 Å². The second-order valence-corrected chi connectivity index (χ2v) is 7.45. The van der Waals surface area contributed by atoms with Crippen molar-refractivity contribution < 1.29 is 28.6 Å². The van der Waals surface area contributed by atoms with Crippen molar-refractivity contribution in [2.45, 2.75) is 6.04 Å². The van der Waals surface area contributed by atoms with E-state index in [1.807, 2.05) is 6.07 Å². The van der Waals surface area contributed by atoms with Crippen molar-refractivity contribution in [3.8, 4) is 17.6 Å². The maximum absolute atomic E-state index is 13.4. The highest BCUT2D eigenvalue weighted by Gasteiger charge is 2.47. The third-order valence-electron chi connectivity index (χ3n) is 5.56. The molecule has 1 saturated heterocycles. The summed E-state index contributed by atoms with van der Waals surface area (Å²) in [4.78, 5) is 27.6. The molecule has 0 bridgehead atoms. The average molecular weight is 458 g/mol. The Bertz CT molecular complexity index is 1340. The van der Waals surface area contributed by atoms with Gasteiger partial charge in [0, 0.05) is 11.3 Å². The standard InChI is InChI=1S/C26H19FN2O5/c1-33-20-12-7-17(13-21(20)34-2)23-22(24(30)16-5-8-18(27)9-6-16)25(31)26(32)29(23)19-10-3-15(14-28)4-11-19/h3-13,23,30H,1-2H3/b24-22-. The average Bonchev–Trinajstić information content (AvgIpc) is 3.13. The molecule has 3 aromatic rings. The molecule has 7 nitrogen and oxygen atoms in total. The molecule has 1 heterocycles. The van der Waals surface area contributed by atoms with E-state index >= 15 is 0 Å². The lowest BCUT2D eigenvalue weighted by Crippen LogP contribution is -2.29. The molecule has 0 saturated carbocycles. The molecule has 1 atom stereocenters. The van der Waals surface area contributed by atoms with Crippen molar-refractivity contribution in [1.29, 1.82) is 5.26 Å².